The number of benzene rings is 1. The van der Waals surface area contributed by atoms with Crippen LogP contribution in [-0.4, -0.2) is 26.3 Å². The molecule has 3 heteroatoms. The van der Waals surface area contributed by atoms with Crippen LogP contribution in [0.1, 0.15) is 31.2 Å². The number of hydrogen-bond donors (Lipinski definition) is 1. The van der Waals surface area contributed by atoms with Gasteiger partial charge in [-0.15, -0.1) is 0 Å². The fraction of sp³-hybridized carbons (Fsp3) is 0.600. The highest BCUT2D eigenvalue weighted by atomic mass is 16.5. The highest BCUT2D eigenvalue weighted by molar-refractivity contribution is 5.45. The molecule has 1 saturated carbocycles. The van der Waals surface area contributed by atoms with Crippen molar-refractivity contribution < 1.29 is 9.47 Å². The summed E-state index contributed by atoms with van der Waals surface area (Å²) >= 11 is 0. The van der Waals surface area contributed by atoms with Gasteiger partial charge in [0.15, 0.2) is 11.5 Å². The molecular formula is C15H21NO2. The lowest BCUT2D eigenvalue weighted by Gasteiger charge is -2.43. The van der Waals surface area contributed by atoms with Crippen molar-refractivity contribution in [2.45, 2.75) is 31.7 Å². The smallest absolute Gasteiger partial charge is 0.161 e. The van der Waals surface area contributed by atoms with E-state index in [2.05, 4.69) is 30.4 Å². The minimum atomic E-state index is 0.652. The first kappa shape index (κ1) is 11.8. The number of nitrogens with one attached hydrogen (secondary N) is 1. The summed E-state index contributed by atoms with van der Waals surface area (Å²) in [7, 11) is 2.05. The normalized spacial score (nSPS) is 30.4. The van der Waals surface area contributed by atoms with E-state index in [1.807, 2.05) is 7.05 Å². The summed E-state index contributed by atoms with van der Waals surface area (Å²) in [5.74, 6) is 3.16. The molecule has 2 aliphatic rings. The molecule has 1 N–H and O–H groups in total. The SMILES string of the molecule is CNC1CC(c2ccc3c(c2)OCCCO3)C1C. The first-order valence-electron chi connectivity index (χ1n) is 6.86. The molecule has 3 nitrogen and oxygen atoms in total. The minimum absolute atomic E-state index is 0.652. The molecule has 18 heavy (non-hydrogen) atoms. The van der Waals surface area contributed by atoms with Crippen LogP contribution >= 0.6 is 0 Å². The maximum Gasteiger partial charge on any atom is 0.161 e. The standard InChI is InChI=1S/C15H21NO2/c1-10-12(9-13(10)16-2)11-4-5-14-15(8-11)18-7-3-6-17-14/h4-5,8,10,12-13,16H,3,6-7,9H2,1-2H3. The van der Waals surface area contributed by atoms with Crippen LogP contribution in [0.4, 0.5) is 0 Å². The van der Waals surface area contributed by atoms with Gasteiger partial charge >= 0.3 is 0 Å². The molecule has 1 aromatic rings. The average Bonchev–Trinajstić information content (AvgIpc) is 2.62. The van der Waals surface area contributed by atoms with Crippen molar-refractivity contribution in [2.75, 3.05) is 20.3 Å². The monoisotopic (exact) mass is 247 g/mol. The van der Waals surface area contributed by atoms with Crippen LogP contribution in [0.5, 0.6) is 11.5 Å². The largest absolute Gasteiger partial charge is 0.490 e. The molecule has 1 aromatic carbocycles. The van der Waals surface area contributed by atoms with E-state index in [1.54, 1.807) is 0 Å². The molecule has 98 valence electrons. The second-order valence-corrected chi connectivity index (χ2v) is 5.35. The van der Waals surface area contributed by atoms with Gasteiger partial charge in [-0.1, -0.05) is 13.0 Å². The van der Waals surface area contributed by atoms with Crippen molar-refractivity contribution in [1.29, 1.82) is 0 Å². The maximum absolute atomic E-state index is 5.76. The molecule has 0 bridgehead atoms. The van der Waals surface area contributed by atoms with E-state index in [-0.39, 0.29) is 0 Å². The Morgan fingerprint density at radius 2 is 1.94 bits per heavy atom. The zero-order valence-electron chi connectivity index (χ0n) is 11.1. The molecule has 1 aliphatic carbocycles. The van der Waals surface area contributed by atoms with Crippen molar-refractivity contribution in [3.05, 3.63) is 23.8 Å². The Kier molecular flexibility index (Phi) is 3.16. The summed E-state index contributed by atoms with van der Waals surface area (Å²) in [6, 6.07) is 7.09. The zero-order valence-corrected chi connectivity index (χ0v) is 11.1. The van der Waals surface area contributed by atoms with Crippen LogP contribution in [0.2, 0.25) is 0 Å². The van der Waals surface area contributed by atoms with Gasteiger partial charge in [-0.05, 0) is 43.0 Å². The summed E-state index contributed by atoms with van der Waals surface area (Å²) in [6.45, 7) is 3.84. The summed E-state index contributed by atoms with van der Waals surface area (Å²) in [5.41, 5.74) is 1.39. The predicted molar refractivity (Wildman–Crippen MR) is 71.4 cm³/mol. The summed E-state index contributed by atoms with van der Waals surface area (Å²) in [4.78, 5) is 0. The fourth-order valence-corrected chi connectivity index (χ4v) is 3.02. The quantitative estimate of drug-likeness (QED) is 0.871. The van der Waals surface area contributed by atoms with Crippen molar-refractivity contribution in [2.24, 2.45) is 5.92 Å². The third-order valence-electron chi connectivity index (χ3n) is 4.35. The van der Waals surface area contributed by atoms with Crippen molar-refractivity contribution in [3.8, 4) is 11.5 Å². The van der Waals surface area contributed by atoms with Gasteiger partial charge < -0.3 is 14.8 Å². The average molecular weight is 247 g/mol. The molecule has 3 rings (SSSR count). The molecule has 0 spiro atoms. The molecule has 1 heterocycles. The Morgan fingerprint density at radius 1 is 1.17 bits per heavy atom. The Labute approximate surface area is 108 Å². The molecule has 1 aliphatic heterocycles. The topological polar surface area (TPSA) is 30.5 Å². The fourth-order valence-electron chi connectivity index (χ4n) is 3.02. The van der Waals surface area contributed by atoms with Crippen LogP contribution < -0.4 is 14.8 Å². The lowest BCUT2D eigenvalue weighted by Crippen LogP contribution is -2.46. The Morgan fingerprint density at radius 3 is 2.67 bits per heavy atom. The zero-order chi connectivity index (χ0) is 12.5. The third kappa shape index (κ3) is 1.97. The van der Waals surface area contributed by atoms with Gasteiger partial charge in [-0.25, -0.2) is 0 Å². The highest BCUT2D eigenvalue weighted by Crippen LogP contribution is 2.44. The number of hydrogen-bond acceptors (Lipinski definition) is 3. The molecule has 3 atom stereocenters. The highest BCUT2D eigenvalue weighted by Gasteiger charge is 2.37. The van der Waals surface area contributed by atoms with E-state index in [0.29, 0.717) is 17.9 Å². The Bertz CT molecular complexity index is 433. The van der Waals surface area contributed by atoms with Crippen molar-refractivity contribution >= 4 is 0 Å². The van der Waals surface area contributed by atoms with Crippen LogP contribution in [0.15, 0.2) is 18.2 Å². The molecule has 0 saturated heterocycles. The summed E-state index contributed by atoms with van der Waals surface area (Å²) < 4.78 is 11.4. The number of rotatable bonds is 2. The lowest BCUT2D eigenvalue weighted by atomic mass is 9.67. The van der Waals surface area contributed by atoms with Gasteiger partial charge in [0.2, 0.25) is 0 Å². The van der Waals surface area contributed by atoms with Crippen molar-refractivity contribution in [3.63, 3.8) is 0 Å². The third-order valence-corrected chi connectivity index (χ3v) is 4.35. The van der Waals surface area contributed by atoms with Crippen LogP contribution in [0.3, 0.4) is 0 Å². The summed E-state index contributed by atoms with van der Waals surface area (Å²) in [6.07, 6.45) is 2.18. The molecule has 3 unspecified atom stereocenters. The number of fused-ring (bicyclic) bond motifs is 1. The summed E-state index contributed by atoms with van der Waals surface area (Å²) in [5, 5.41) is 3.37. The van der Waals surface area contributed by atoms with Crippen LogP contribution in [0.25, 0.3) is 0 Å². The van der Waals surface area contributed by atoms with Crippen LogP contribution in [0, 0.1) is 5.92 Å². The first-order chi connectivity index (χ1) is 8.79. The van der Waals surface area contributed by atoms with Gasteiger partial charge in [0, 0.05) is 12.5 Å². The van der Waals surface area contributed by atoms with E-state index in [0.717, 1.165) is 31.1 Å². The maximum atomic E-state index is 5.76. The van der Waals surface area contributed by atoms with Gasteiger partial charge in [-0.2, -0.15) is 0 Å². The minimum Gasteiger partial charge on any atom is -0.490 e. The van der Waals surface area contributed by atoms with Crippen LogP contribution in [-0.2, 0) is 0 Å². The van der Waals surface area contributed by atoms with Crippen molar-refractivity contribution in [1.82, 2.24) is 5.32 Å². The van der Waals surface area contributed by atoms with E-state index >= 15 is 0 Å². The second kappa shape index (κ2) is 4.81. The molecule has 0 amide bonds. The van der Waals surface area contributed by atoms with Gasteiger partial charge in [0.1, 0.15) is 0 Å². The van der Waals surface area contributed by atoms with Gasteiger partial charge in [-0.3, -0.25) is 0 Å². The second-order valence-electron chi connectivity index (χ2n) is 5.35. The van der Waals surface area contributed by atoms with E-state index in [9.17, 15) is 0 Å². The Hall–Kier alpha value is -1.22. The molecular weight excluding hydrogens is 226 g/mol. The number of ether oxygens (including phenoxy) is 2. The van der Waals surface area contributed by atoms with E-state index in [1.165, 1.54) is 12.0 Å². The molecule has 1 fully saturated rings. The lowest BCUT2D eigenvalue weighted by molar-refractivity contribution is 0.193. The van der Waals surface area contributed by atoms with E-state index < -0.39 is 0 Å². The predicted octanol–water partition coefficient (Wildman–Crippen LogP) is 2.56. The molecule has 0 radical (unpaired) electrons. The Balaban J connectivity index is 1.80. The molecule has 0 aromatic heterocycles. The van der Waals surface area contributed by atoms with Gasteiger partial charge in [0.25, 0.3) is 0 Å². The van der Waals surface area contributed by atoms with E-state index in [4.69, 9.17) is 9.47 Å². The first-order valence-corrected chi connectivity index (χ1v) is 6.86. The van der Waals surface area contributed by atoms with Gasteiger partial charge in [0.05, 0.1) is 13.2 Å².